The molecule has 0 aliphatic carbocycles. The van der Waals surface area contributed by atoms with Crippen molar-refractivity contribution in [2.75, 3.05) is 5.75 Å². The number of carboxylic acids is 1. The molecular formula is C10H9ClO2S. The van der Waals surface area contributed by atoms with Gasteiger partial charge in [0.25, 0.3) is 0 Å². The molecule has 14 heavy (non-hydrogen) atoms. The zero-order valence-corrected chi connectivity index (χ0v) is 8.92. The molecule has 0 saturated heterocycles. The van der Waals surface area contributed by atoms with Gasteiger partial charge in [-0.2, -0.15) is 12.6 Å². The number of carboxylic acid groups (broad SMARTS) is 1. The van der Waals surface area contributed by atoms with E-state index in [2.05, 4.69) is 12.6 Å². The first kappa shape index (κ1) is 11.1. The third-order valence-electron chi connectivity index (χ3n) is 1.64. The van der Waals surface area contributed by atoms with Gasteiger partial charge in [-0.1, -0.05) is 29.8 Å². The van der Waals surface area contributed by atoms with Crippen LogP contribution in [-0.2, 0) is 0 Å². The van der Waals surface area contributed by atoms with E-state index in [1.807, 2.05) is 6.08 Å². The Morgan fingerprint density at radius 1 is 1.57 bits per heavy atom. The SMILES string of the molecule is O=C(O)c1cc(C=CCS)ccc1Cl. The minimum Gasteiger partial charge on any atom is -0.478 e. The molecule has 1 aromatic carbocycles. The van der Waals surface area contributed by atoms with Gasteiger partial charge in [0.05, 0.1) is 10.6 Å². The maximum Gasteiger partial charge on any atom is 0.337 e. The fraction of sp³-hybridized carbons (Fsp3) is 0.100. The van der Waals surface area contributed by atoms with Crippen molar-refractivity contribution in [3.8, 4) is 0 Å². The zero-order chi connectivity index (χ0) is 10.6. The highest BCUT2D eigenvalue weighted by Crippen LogP contribution is 2.18. The van der Waals surface area contributed by atoms with Crippen LogP contribution in [0.4, 0.5) is 0 Å². The summed E-state index contributed by atoms with van der Waals surface area (Å²) in [6.45, 7) is 0. The minimum atomic E-state index is -1.02. The van der Waals surface area contributed by atoms with Crippen LogP contribution in [0.1, 0.15) is 15.9 Å². The second-order valence-electron chi connectivity index (χ2n) is 2.63. The Bertz CT molecular complexity index is 374. The Balaban J connectivity index is 3.06. The topological polar surface area (TPSA) is 37.3 Å². The highest BCUT2D eigenvalue weighted by molar-refractivity contribution is 7.80. The summed E-state index contributed by atoms with van der Waals surface area (Å²) in [5, 5.41) is 9.04. The first-order chi connectivity index (χ1) is 6.65. The number of carbonyl (C=O) groups is 1. The van der Waals surface area contributed by atoms with Crippen molar-refractivity contribution in [2.45, 2.75) is 0 Å². The van der Waals surface area contributed by atoms with Gasteiger partial charge in [-0.05, 0) is 17.7 Å². The van der Waals surface area contributed by atoms with Crippen molar-refractivity contribution in [1.82, 2.24) is 0 Å². The van der Waals surface area contributed by atoms with Gasteiger partial charge in [0.15, 0.2) is 0 Å². The molecule has 74 valence electrons. The largest absolute Gasteiger partial charge is 0.478 e. The zero-order valence-electron chi connectivity index (χ0n) is 7.27. The summed E-state index contributed by atoms with van der Waals surface area (Å²) in [5.41, 5.74) is 0.925. The van der Waals surface area contributed by atoms with E-state index >= 15 is 0 Å². The van der Waals surface area contributed by atoms with Crippen molar-refractivity contribution in [3.63, 3.8) is 0 Å². The summed E-state index contributed by atoms with van der Waals surface area (Å²) in [5.74, 6) is -0.401. The molecule has 0 heterocycles. The van der Waals surface area contributed by atoms with Gasteiger partial charge in [0, 0.05) is 5.75 Å². The summed E-state index contributed by atoms with van der Waals surface area (Å²) in [6.07, 6.45) is 3.63. The smallest absolute Gasteiger partial charge is 0.337 e. The molecule has 0 saturated carbocycles. The van der Waals surface area contributed by atoms with Crippen LogP contribution in [0, 0.1) is 0 Å². The Kier molecular flexibility index (Phi) is 4.04. The lowest BCUT2D eigenvalue weighted by Gasteiger charge is -1.99. The van der Waals surface area contributed by atoms with Crippen LogP contribution in [0.5, 0.6) is 0 Å². The molecule has 0 atom stereocenters. The second-order valence-corrected chi connectivity index (χ2v) is 3.40. The van der Waals surface area contributed by atoms with E-state index in [4.69, 9.17) is 16.7 Å². The minimum absolute atomic E-state index is 0.119. The van der Waals surface area contributed by atoms with Crippen molar-refractivity contribution in [3.05, 3.63) is 40.4 Å². The third-order valence-corrected chi connectivity index (χ3v) is 2.18. The standard InChI is InChI=1S/C10H9ClO2S/c11-9-4-3-7(2-1-5-14)6-8(9)10(12)13/h1-4,6,14H,5H2,(H,12,13). The van der Waals surface area contributed by atoms with E-state index in [9.17, 15) is 4.79 Å². The fourth-order valence-electron chi connectivity index (χ4n) is 0.999. The van der Waals surface area contributed by atoms with Crippen molar-refractivity contribution < 1.29 is 9.90 Å². The van der Waals surface area contributed by atoms with E-state index in [0.29, 0.717) is 5.75 Å². The second kappa shape index (κ2) is 5.08. The quantitative estimate of drug-likeness (QED) is 0.781. The average Bonchev–Trinajstić information content (AvgIpc) is 2.16. The predicted octanol–water partition coefficient (Wildman–Crippen LogP) is 2.98. The molecule has 1 N–H and O–H groups in total. The molecule has 1 aromatic rings. The van der Waals surface area contributed by atoms with Gasteiger partial charge in [-0.3, -0.25) is 0 Å². The highest BCUT2D eigenvalue weighted by atomic mass is 35.5. The summed E-state index contributed by atoms with van der Waals surface area (Å²) in [6, 6.07) is 4.86. The molecule has 1 rings (SSSR count). The number of halogens is 1. The first-order valence-corrected chi connectivity index (χ1v) is 4.96. The van der Waals surface area contributed by atoms with Gasteiger partial charge in [0.2, 0.25) is 0 Å². The first-order valence-electron chi connectivity index (χ1n) is 3.95. The van der Waals surface area contributed by atoms with E-state index in [1.165, 1.54) is 6.07 Å². The number of benzene rings is 1. The molecule has 0 aromatic heterocycles. The molecule has 0 fully saturated rings. The van der Waals surface area contributed by atoms with Gasteiger partial charge in [-0.15, -0.1) is 0 Å². The molecule has 0 aliphatic heterocycles. The molecular weight excluding hydrogens is 220 g/mol. The summed E-state index contributed by atoms with van der Waals surface area (Å²) < 4.78 is 0. The maximum absolute atomic E-state index is 10.7. The van der Waals surface area contributed by atoms with Crippen LogP contribution in [0.25, 0.3) is 6.08 Å². The Morgan fingerprint density at radius 2 is 2.29 bits per heavy atom. The predicted molar refractivity (Wildman–Crippen MR) is 61.3 cm³/mol. The molecule has 0 radical (unpaired) electrons. The summed E-state index contributed by atoms with van der Waals surface area (Å²) in [4.78, 5) is 10.7. The number of aromatic carboxylic acids is 1. The van der Waals surface area contributed by atoms with E-state index < -0.39 is 5.97 Å². The van der Waals surface area contributed by atoms with E-state index in [1.54, 1.807) is 18.2 Å². The molecule has 0 unspecified atom stereocenters. The molecule has 4 heteroatoms. The van der Waals surface area contributed by atoms with E-state index in [0.717, 1.165) is 5.56 Å². The monoisotopic (exact) mass is 228 g/mol. The molecule has 2 nitrogen and oxygen atoms in total. The number of thiol groups is 1. The average molecular weight is 229 g/mol. The van der Waals surface area contributed by atoms with E-state index in [-0.39, 0.29) is 10.6 Å². The normalized spacial score (nSPS) is 10.7. The van der Waals surface area contributed by atoms with Crippen LogP contribution in [0.2, 0.25) is 5.02 Å². The van der Waals surface area contributed by atoms with Crippen molar-refractivity contribution >= 4 is 36.3 Å². The van der Waals surface area contributed by atoms with Crippen molar-refractivity contribution in [2.24, 2.45) is 0 Å². The maximum atomic E-state index is 10.7. The van der Waals surface area contributed by atoms with Crippen LogP contribution >= 0.6 is 24.2 Å². The highest BCUT2D eigenvalue weighted by Gasteiger charge is 2.07. The summed E-state index contributed by atoms with van der Waals surface area (Å²) >= 11 is 9.71. The van der Waals surface area contributed by atoms with Gasteiger partial charge in [0.1, 0.15) is 0 Å². The Morgan fingerprint density at radius 3 is 2.86 bits per heavy atom. The third kappa shape index (κ3) is 2.79. The molecule has 0 amide bonds. The van der Waals surface area contributed by atoms with Crippen LogP contribution in [0.15, 0.2) is 24.3 Å². The fourth-order valence-corrected chi connectivity index (χ4v) is 1.30. The molecule has 0 aliphatic rings. The van der Waals surface area contributed by atoms with Crippen molar-refractivity contribution in [1.29, 1.82) is 0 Å². The van der Waals surface area contributed by atoms with Crippen LogP contribution in [-0.4, -0.2) is 16.8 Å². The molecule has 0 spiro atoms. The lowest BCUT2D eigenvalue weighted by atomic mass is 10.1. The lowest BCUT2D eigenvalue weighted by molar-refractivity contribution is 0.0697. The van der Waals surface area contributed by atoms with Crippen LogP contribution < -0.4 is 0 Å². The van der Waals surface area contributed by atoms with Gasteiger partial charge in [-0.25, -0.2) is 4.79 Å². The lowest BCUT2D eigenvalue weighted by Crippen LogP contribution is -1.97. The Labute approximate surface area is 92.6 Å². The van der Waals surface area contributed by atoms with Gasteiger partial charge < -0.3 is 5.11 Å². The number of hydrogen-bond acceptors (Lipinski definition) is 2. The van der Waals surface area contributed by atoms with Crippen LogP contribution in [0.3, 0.4) is 0 Å². The number of rotatable bonds is 3. The molecule has 0 bridgehead atoms. The Hall–Kier alpha value is -0.930. The van der Waals surface area contributed by atoms with Gasteiger partial charge >= 0.3 is 5.97 Å². The summed E-state index contributed by atoms with van der Waals surface area (Å²) in [7, 11) is 0. The number of hydrogen-bond donors (Lipinski definition) is 2.